The molecule has 0 atom stereocenters. The van der Waals surface area contributed by atoms with E-state index in [0.29, 0.717) is 0 Å². The van der Waals surface area contributed by atoms with Gasteiger partial charge in [-0.3, -0.25) is 0 Å². The third-order valence-corrected chi connectivity index (χ3v) is 8.83. The van der Waals surface area contributed by atoms with Crippen LogP contribution in [0, 0.1) is 0 Å². The molecule has 0 aliphatic carbocycles. The summed E-state index contributed by atoms with van der Waals surface area (Å²) in [5, 5.41) is 35.7. The van der Waals surface area contributed by atoms with E-state index < -0.39 is 5.96 Å². The Morgan fingerprint density at radius 2 is 1.08 bits per heavy atom. The molecule has 0 rings (SSSR count). The number of rotatable bonds is 7. The summed E-state index contributed by atoms with van der Waals surface area (Å²) in [7, 11) is 0. The third kappa shape index (κ3) is 3.66. The summed E-state index contributed by atoms with van der Waals surface area (Å²) in [6.07, 6.45) is 0.606. The molecule has 0 spiro atoms. The van der Waals surface area contributed by atoms with Gasteiger partial charge in [0.05, 0.1) is 0 Å². The van der Waals surface area contributed by atoms with Gasteiger partial charge in [0.1, 0.15) is 0 Å². The second-order valence-electron chi connectivity index (χ2n) is 3.30. The minimum absolute atomic E-state index is 0.123. The molecule has 0 aromatic heterocycles. The molecule has 4 N–H and O–H groups in total. The first kappa shape index (κ1) is 13.6. The van der Waals surface area contributed by atoms with Gasteiger partial charge in [0.25, 0.3) is 0 Å². The van der Waals surface area contributed by atoms with E-state index in [1.54, 1.807) is 0 Å². The van der Waals surface area contributed by atoms with Gasteiger partial charge in [0.2, 0.25) is 0 Å². The molecular weight excluding hydrogens is 214 g/mol. The monoisotopic (exact) mass is 232 g/mol. The Bertz CT molecular complexity index is 136. The quantitative estimate of drug-likeness (QED) is 0.451. The molecule has 4 nitrogen and oxygen atoms in total. The van der Waals surface area contributed by atoms with Crippen molar-refractivity contribution in [3.63, 3.8) is 0 Å². The van der Waals surface area contributed by atoms with E-state index in [1.807, 2.05) is 0 Å². The SMILES string of the molecule is OCCP(Cl)(CO)(CCO)CCO. The molecule has 0 aliphatic rings. The maximum absolute atomic E-state index is 9.22. The molecule has 0 aliphatic heterocycles. The first-order valence-corrected chi connectivity index (χ1v) is 8.08. The van der Waals surface area contributed by atoms with Crippen LogP contribution in [0.25, 0.3) is 0 Å². The molecule has 0 bridgehead atoms. The van der Waals surface area contributed by atoms with E-state index in [9.17, 15) is 5.11 Å². The molecule has 0 aromatic rings. The number of hydrogen-bond acceptors (Lipinski definition) is 4. The minimum atomic E-state index is -2.96. The van der Waals surface area contributed by atoms with E-state index in [-0.39, 0.29) is 44.7 Å². The maximum atomic E-state index is 9.22. The summed E-state index contributed by atoms with van der Waals surface area (Å²) >= 11 is 6.28. The van der Waals surface area contributed by atoms with Gasteiger partial charge >= 0.3 is 82.3 Å². The Hall–Kier alpha value is 0.560. The molecule has 82 valence electrons. The molecule has 0 fully saturated rings. The molecule has 0 radical (unpaired) electrons. The van der Waals surface area contributed by atoms with Crippen LogP contribution in [0.4, 0.5) is 0 Å². The predicted octanol–water partition coefficient (Wildman–Crippen LogP) is -0.380. The Labute approximate surface area is 82.9 Å². The molecule has 13 heavy (non-hydrogen) atoms. The number of hydrogen-bond donors (Lipinski definition) is 4. The standard InChI is InChI=1S/C7H18ClO4P/c8-13(7-12,4-1-9,5-2-10)6-3-11/h9-12H,1-7H2. The molecule has 0 unspecified atom stereocenters. The molecule has 0 heterocycles. The second kappa shape index (κ2) is 5.44. The van der Waals surface area contributed by atoms with Crippen LogP contribution in [-0.4, -0.2) is 65.1 Å². The second-order valence-corrected chi connectivity index (χ2v) is 11.4. The predicted molar refractivity (Wildman–Crippen MR) is 55.7 cm³/mol. The van der Waals surface area contributed by atoms with Crippen LogP contribution in [0.15, 0.2) is 0 Å². The average molecular weight is 233 g/mol. The van der Waals surface area contributed by atoms with Crippen molar-refractivity contribution < 1.29 is 20.4 Å². The number of halogens is 1. The van der Waals surface area contributed by atoms with Crippen LogP contribution >= 0.6 is 17.2 Å². The zero-order valence-corrected chi connectivity index (χ0v) is 9.21. The van der Waals surface area contributed by atoms with Gasteiger partial charge in [0, 0.05) is 0 Å². The first-order chi connectivity index (χ1) is 6.04. The first-order valence-electron chi connectivity index (χ1n) is 4.20. The molecule has 0 saturated heterocycles. The Kier molecular flexibility index (Phi) is 5.68. The van der Waals surface area contributed by atoms with Crippen molar-refractivity contribution >= 4 is 17.2 Å². The van der Waals surface area contributed by atoms with Crippen LogP contribution < -0.4 is 0 Å². The van der Waals surface area contributed by atoms with E-state index in [4.69, 9.17) is 26.6 Å². The van der Waals surface area contributed by atoms with Crippen molar-refractivity contribution in [2.24, 2.45) is 0 Å². The summed E-state index contributed by atoms with van der Waals surface area (Å²) in [6.45, 7) is -0.369. The van der Waals surface area contributed by atoms with Crippen molar-refractivity contribution in [2.75, 3.05) is 44.7 Å². The Morgan fingerprint density at radius 1 is 0.769 bits per heavy atom. The molecular formula is C7H18ClO4P. The normalized spacial score (nSPS) is 15.3. The van der Waals surface area contributed by atoms with Crippen LogP contribution in [0.1, 0.15) is 0 Å². The fourth-order valence-corrected chi connectivity index (χ4v) is 4.57. The zero-order chi connectivity index (χ0) is 10.4. The van der Waals surface area contributed by atoms with Gasteiger partial charge in [-0.1, -0.05) is 0 Å². The van der Waals surface area contributed by atoms with Crippen LogP contribution in [0.3, 0.4) is 0 Å². The summed E-state index contributed by atoms with van der Waals surface area (Å²) < 4.78 is 0. The van der Waals surface area contributed by atoms with Crippen LogP contribution in [-0.2, 0) is 0 Å². The number of aliphatic hydroxyl groups is 4. The van der Waals surface area contributed by atoms with Crippen LogP contribution in [0.2, 0.25) is 0 Å². The summed E-state index contributed by atoms with van der Waals surface area (Å²) in [4.78, 5) is 0. The summed E-state index contributed by atoms with van der Waals surface area (Å²) in [5.41, 5.74) is 0. The van der Waals surface area contributed by atoms with E-state index >= 15 is 0 Å². The van der Waals surface area contributed by atoms with Crippen molar-refractivity contribution in [2.45, 2.75) is 0 Å². The molecule has 0 amide bonds. The topological polar surface area (TPSA) is 80.9 Å². The van der Waals surface area contributed by atoms with Crippen molar-refractivity contribution in [1.29, 1.82) is 0 Å². The van der Waals surface area contributed by atoms with Crippen LogP contribution in [0.5, 0.6) is 0 Å². The van der Waals surface area contributed by atoms with E-state index in [0.717, 1.165) is 0 Å². The summed E-state index contributed by atoms with van der Waals surface area (Å²) in [5.74, 6) is -2.96. The molecule has 0 aromatic carbocycles. The third-order valence-electron chi connectivity index (χ3n) is 2.33. The van der Waals surface area contributed by atoms with E-state index in [2.05, 4.69) is 0 Å². The molecule has 0 saturated carbocycles. The van der Waals surface area contributed by atoms with Gasteiger partial charge in [-0.15, -0.1) is 0 Å². The van der Waals surface area contributed by atoms with Gasteiger partial charge in [0.15, 0.2) is 0 Å². The zero-order valence-electron chi connectivity index (χ0n) is 7.56. The summed E-state index contributed by atoms with van der Waals surface area (Å²) in [6, 6.07) is 0. The average Bonchev–Trinajstić information content (AvgIpc) is 2.06. The Balaban J connectivity index is 4.58. The van der Waals surface area contributed by atoms with Crippen molar-refractivity contribution in [3.05, 3.63) is 0 Å². The Morgan fingerprint density at radius 3 is 1.23 bits per heavy atom. The van der Waals surface area contributed by atoms with E-state index in [1.165, 1.54) is 0 Å². The fraction of sp³-hybridized carbons (Fsp3) is 1.00. The molecule has 6 heteroatoms. The van der Waals surface area contributed by atoms with Gasteiger partial charge in [-0.2, -0.15) is 0 Å². The van der Waals surface area contributed by atoms with Crippen molar-refractivity contribution in [1.82, 2.24) is 0 Å². The van der Waals surface area contributed by atoms with Gasteiger partial charge in [-0.25, -0.2) is 0 Å². The van der Waals surface area contributed by atoms with Crippen molar-refractivity contribution in [3.8, 4) is 0 Å². The van der Waals surface area contributed by atoms with Gasteiger partial charge in [-0.05, 0) is 0 Å². The van der Waals surface area contributed by atoms with Gasteiger partial charge < -0.3 is 0 Å². The fourth-order valence-electron chi connectivity index (χ4n) is 1.30. The number of aliphatic hydroxyl groups excluding tert-OH is 4.